The standard InChI is InChI=1S/C8H16/c1-4-6-7-8(3)5-2/h6-8H,4-5H2,1-3H3/b7-6+/t8-/m0/s1. The summed E-state index contributed by atoms with van der Waals surface area (Å²) in [5.74, 6) is 0.773. The van der Waals surface area contributed by atoms with Gasteiger partial charge in [-0.25, -0.2) is 0 Å². The Morgan fingerprint density at radius 3 is 2.38 bits per heavy atom. The van der Waals surface area contributed by atoms with Crippen LogP contribution < -0.4 is 0 Å². The summed E-state index contributed by atoms with van der Waals surface area (Å²) in [6.45, 7) is 6.62. The van der Waals surface area contributed by atoms with Gasteiger partial charge in [0.2, 0.25) is 0 Å². The van der Waals surface area contributed by atoms with Gasteiger partial charge in [-0.3, -0.25) is 0 Å². The summed E-state index contributed by atoms with van der Waals surface area (Å²) in [5, 5.41) is 0. The van der Waals surface area contributed by atoms with Gasteiger partial charge in [0.05, 0.1) is 0 Å². The maximum absolute atomic E-state index is 2.28. The largest absolute Gasteiger partial charge is 0.0885 e. The normalized spacial score (nSPS) is 14.9. The SMILES string of the molecule is CC/C=C/[C@@H](C)CC. The van der Waals surface area contributed by atoms with Gasteiger partial charge < -0.3 is 0 Å². The zero-order valence-corrected chi connectivity index (χ0v) is 6.15. The first-order valence-corrected chi connectivity index (χ1v) is 3.47. The van der Waals surface area contributed by atoms with Crippen molar-refractivity contribution in [1.29, 1.82) is 0 Å². The molecule has 0 aromatic rings. The van der Waals surface area contributed by atoms with E-state index < -0.39 is 0 Å². The molecule has 0 saturated heterocycles. The molecule has 0 fully saturated rings. The van der Waals surface area contributed by atoms with Gasteiger partial charge >= 0.3 is 0 Å². The molecule has 0 nitrogen and oxygen atoms in total. The maximum atomic E-state index is 2.28. The van der Waals surface area contributed by atoms with Crippen LogP contribution in [-0.2, 0) is 0 Å². The maximum Gasteiger partial charge on any atom is -0.0265 e. The lowest BCUT2D eigenvalue weighted by molar-refractivity contribution is 0.695. The highest BCUT2D eigenvalue weighted by Gasteiger charge is 1.87. The highest BCUT2D eigenvalue weighted by molar-refractivity contribution is 4.84. The third-order valence-corrected chi connectivity index (χ3v) is 1.34. The molecule has 0 unspecified atom stereocenters. The van der Waals surface area contributed by atoms with E-state index in [9.17, 15) is 0 Å². The summed E-state index contributed by atoms with van der Waals surface area (Å²) in [5.41, 5.74) is 0. The van der Waals surface area contributed by atoms with E-state index in [1.54, 1.807) is 0 Å². The van der Waals surface area contributed by atoms with E-state index in [4.69, 9.17) is 0 Å². The quantitative estimate of drug-likeness (QED) is 0.492. The average Bonchev–Trinajstić information content (AvgIpc) is 1.83. The van der Waals surface area contributed by atoms with Gasteiger partial charge in [0.1, 0.15) is 0 Å². The Morgan fingerprint density at radius 2 is 2.00 bits per heavy atom. The second-order valence-corrected chi connectivity index (χ2v) is 2.22. The summed E-state index contributed by atoms with van der Waals surface area (Å²) in [6.07, 6.45) is 6.94. The number of hydrogen-bond donors (Lipinski definition) is 0. The molecule has 0 radical (unpaired) electrons. The summed E-state index contributed by atoms with van der Waals surface area (Å²) in [7, 11) is 0. The molecule has 0 aliphatic carbocycles. The van der Waals surface area contributed by atoms with E-state index in [1.165, 1.54) is 12.8 Å². The minimum absolute atomic E-state index is 0.773. The summed E-state index contributed by atoms with van der Waals surface area (Å²) < 4.78 is 0. The van der Waals surface area contributed by atoms with Gasteiger partial charge in [-0.05, 0) is 12.3 Å². The molecule has 0 aliphatic rings. The van der Waals surface area contributed by atoms with Crippen LogP contribution in [0.5, 0.6) is 0 Å². The summed E-state index contributed by atoms with van der Waals surface area (Å²) in [6, 6.07) is 0. The van der Waals surface area contributed by atoms with Crippen LogP contribution in [0.2, 0.25) is 0 Å². The van der Waals surface area contributed by atoms with Crippen molar-refractivity contribution in [1.82, 2.24) is 0 Å². The minimum atomic E-state index is 0.773. The van der Waals surface area contributed by atoms with E-state index in [2.05, 4.69) is 32.9 Å². The zero-order chi connectivity index (χ0) is 6.41. The fourth-order valence-electron chi connectivity index (χ4n) is 0.504. The highest BCUT2D eigenvalue weighted by Crippen LogP contribution is 2.01. The van der Waals surface area contributed by atoms with E-state index >= 15 is 0 Å². The molecule has 0 aromatic heterocycles. The summed E-state index contributed by atoms with van der Waals surface area (Å²) >= 11 is 0. The second-order valence-electron chi connectivity index (χ2n) is 2.22. The average molecular weight is 112 g/mol. The van der Waals surface area contributed by atoms with E-state index in [1.807, 2.05) is 0 Å². The van der Waals surface area contributed by atoms with Gasteiger partial charge in [-0.2, -0.15) is 0 Å². The molecule has 0 saturated carbocycles. The Balaban J connectivity index is 3.21. The van der Waals surface area contributed by atoms with E-state index in [0.29, 0.717) is 0 Å². The monoisotopic (exact) mass is 112 g/mol. The van der Waals surface area contributed by atoms with Gasteiger partial charge in [0.25, 0.3) is 0 Å². The van der Waals surface area contributed by atoms with Crippen LogP contribution in [0.4, 0.5) is 0 Å². The lowest BCUT2D eigenvalue weighted by Crippen LogP contribution is -1.82. The molecule has 0 rings (SSSR count). The molecule has 48 valence electrons. The van der Waals surface area contributed by atoms with Gasteiger partial charge in [-0.1, -0.05) is 39.3 Å². The molecular weight excluding hydrogens is 96.1 g/mol. The minimum Gasteiger partial charge on any atom is -0.0885 e. The molecule has 1 atom stereocenters. The Bertz CT molecular complexity index is 62.4. The number of hydrogen-bond acceptors (Lipinski definition) is 0. The predicted molar refractivity (Wildman–Crippen MR) is 38.9 cm³/mol. The fraction of sp³-hybridized carbons (Fsp3) is 0.750. The van der Waals surface area contributed by atoms with Crippen molar-refractivity contribution in [2.45, 2.75) is 33.6 Å². The lowest BCUT2D eigenvalue weighted by atomic mass is 10.1. The third kappa shape index (κ3) is 3.91. The van der Waals surface area contributed by atoms with Crippen LogP contribution in [0.25, 0.3) is 0 Å². The summed E-state index contributed by atoms with van der Waals surface area (Å²) in [4.78, 5) is 0. The van der Waals surface area contributed by atoms with Crippen molar-refractivity contribution in [2.24, 2.45) is 5.92 Å². The molecular formula is C8H16. The van der Waals surface area contributed by atoms with Crippen molar-refractivity contribution in [3.63, 3.8) is 0 Å². The molecule has 8 heavy (non-hydrogen) atoms. The fourth-order valence-corrected chi connectivity index (χ4v) is 0.504. The van der Waals surface area contributed by atoms with Crippen molar-refractivity contribution in [3.05, 3.63) is 12.2 Å². The first-order chi connectivity index (χ1) is 3.81. The van der Waals surface area contributed by atoms with Crippen LogP contribution >= 0.6 is 0 Å². The van der Waals surface area contributed by atoms with Crippen LogP contribution in [0.15, 0.2) is 12.2 Å². The molecule has 0 aliphatic heterocycles. The molecule has 0 bridgehead atoms. The molecule has 0 heteroatoms. The molecule has 0 spiro atoms. The van der Waals surface area contributed by atoms with Crippen molar-refractivity contribution < 1.29 is 0 Å². The Labute approximate surface area is 52.6 Å². The molecule has 0 amide bonds. The van der Waals surface area contributed by atoms with Gasteiger partial charge in [0, 0.05) is 0 Å². The van der Waals surface area contributed by atoms with Crippen molar-refractivity contribution in [2.75, 3.05) is 0 Å². The van der Waals surface area contributed by atoms with Gasteiger partial charge in [0.15, 0.2) is 0 Å². The number of rotatable bonds is 3. The van der Waals surface area contributed by atoms with Crippen LogP contribution in [-0.4, -0.2) is 0 Å². The van der Waals surface area contributed by atoms with Crippen LogP contribution in [0.3, 0.4) is 0 Å². The number of allylic oxidation sites excluding steroid dienone is 2. The van der Waals surface area contributed by atoms with Crippen LogP contribution in [0, 0.1) is 5.92 Å². The van der Waals surface area contributed by atoms with Crippen LogP contribution in [0.1, 0.15) is 33.6 Å². The topological polar surface area (TPSA) is 0 Å². The molecule has 0 heterocycles. The first kappa shape index (κ1) is 7.74. The molecule has 0 N–H and O–H groups in total. The Kier molecular flexibility index (Phi) is 4.73. The van der Waals surface area contributed by atoms with Crippen molar-refractivity contribution >= 4 is 0 Å². The van der Waals surface area contributed by atoms with E-state index in [0.717, 1.165) is 5.92 Å². The van der Waals surface area contributed by atoms with Crippen molar-refractivity contribution in [3.8, 4) is 0 Å². The first-order valence-electron chi connectivity index (χ1n) is 3.47. The molecule has 0 aromatic carbocycles. The predicted octanol–water partition coefficient (Wildman–Crippen LogP) is 3.00. The van der Waals surface area contributed by atoms with E-state index in [-0.39, 0.29) is 0 Å². The third-order valence-electron chi connectivity index (χ3n) is 1.34. The highest BCUT2D eigenvalue weighted by atomic mass is 13.9. The Morgan fingerprint density at radius 1 is 1.38 bits per heavy atom. The van der Waals surface area contributed by atoms with Gasteiger partial charge in [-0.15, -0.1) is 0 Å². The smallest absolute Gasteiger partial charge is 0.0265 e. The lowest BCUT2D eigenvalue weighted by Gasteiger charge is -1.96. The second kappa shape index (κ2) is 4.89. The Hall–Kier alpha value is -0.260. The zero-order valence-electron chi connectivity index (χ0n) is 6.15.